The molecule has 24 heavy (non-hydrogen) atoms. The van der Waals surface area contributed by atoms with Crippen LogP contribution in [0.15, 0.2) is 39.9 Å². The molecule has 0 radical (unpaired) electrons. The number of nitrogens with zero attached hydrogens (tertiary/aromatic N) is 3. The number of hydrogen-bond donors (Lipinski definition) is 0. The van der Waals surface area contributed by atoms with Crippen LogP contribution in [0.3, 0.4) is 0 Å². The molecule has 0 atom stereocenters. The molecule has 0 spiro atoms. The Morgan fingerprint density at radius 2 is 1.67 bits per heavy atom. The minimum absolute atomic E-state index is 0.211. The van der Waals surface area contributed by atoms with Gasteiger partial charge in [-0.15, -0.1) is 0 Å². The fraction of sp³-hybridized carbons (Fsp3) is 0.368. The van der Waals surface area contributed by atoms with Crippen molar-refractivity contribution in [3.63, 3.8) is 0 Å². The van der Waals surface area contributed by atoms with Crippen LogP contribution in [-0.4, -0.2) is 13.7 Å². The molecule has 0 bridgehead atoms. The van der Waals surface area contributed by atoms with Gasteiger partial charge in [0.15, 0.2) is 0 Å². The van der Waals surface area contributed by atoms with Crippen LogP contribution in [0, 0.1) is 6.92 Å². The number of rotatable bonds is 4. The predicted octanol–water partition coefficient (Wildman–Crippen LogP) is 2.68. The van der Waals surface area contributed by atoms with E-state index >= 15 is 0 Å². The van der Waals surface area contributed by atoms with Crippen LogP contribution in [0.25, 0.3) is 16.7 Å². The lowest BCUT2D eigenvalue weighted by atomic mass is 10.1. The van der Waals surface area contributed by atoms with Gasteiger partial charge in [0.2, 0.25) is 0 Å². The van der Waals surface area contributed by atoms with E-state index < -0.39 is 0 Å². The highest BCUT2D eigenvalue weighted by Crippen LogP contribution is 2.24. The monoisotopic (exact) mass is 325 g/mol. The van der Waals surface area contributed by atoms with Crippen molar-refractivity contribution in [3.8, 4) is 5.69 Å². The van der Waals surface area contributed by atoms with Crippen molar-refractivity contribution < 1.29 is 0 Å². The molecule has 0 fully saturated rings. The molecule has 1 aromatic carbocycles. The van der Waals surface area contributed by atoms with Gasteiger partial charge < -0.3 is 4.57 Å². The van der Waals surface area contributed by atoms with E-state index in [0.717, 1.165) is 36.2 Å². The highest BCUT2D eigenvalue weighted by molar-refractivity contribution is 5.83. The van der Waals surface area contributed by atoms with Crippen LogP contribution in [-0.2, 0) is 20.5 Å². The van der Waals surface area contributed by atoms with Gasteiger partial charge in [-0.25, -0.2) is 9.36 Å². The summed E-state index contributed by atoms with van der Waals surface area (Å²) in [5.41, 5.74) is 3.02. The summed E-state index contributed by atoms with van der Waals surface area (Å²) in [7, 11) is 3.47. The molecule has 126 valence electrons. The largest absolute Gasteiger partial charge is 0.336 e. The first-order valence-corrected chi connectivity index (χ1v) is 8.34. The van der Waals surface area contributed by atoms with Gasteiger partial charge in [-0.1, -0.05) is 31.5 Å². The van der Waals surface area contributed by atoms with E-state index in [2.05, 4.69) is 6.92 Å². The van der Waals surface area contributed by atoms with Crippen molar-refractivity contribution in [3.05, 3.63) is 62.4 Å². The number of aromatic nitrogens is 3. The number of fused-ring (bicyclic) bond motifs is 1. The van der Waals surface area contributed by atoms with Crippen LogP contribution >= 0.6 is 0 Å². The third kappa shape index (κ3) is 2.31. The van der Waals surface area contributed by atoms with E-state index in [1.807, 2.05) is 48.9 Å². The Morgan fingerprint density at radius 1 is 1.00 bits per heavy atom. The number of para-hydroxylation sites is 1. The second kappa shape index (κ2) is 6.15. The van der Waals surface area contributed by atoms with Gasteiger partial charge in [-0.3, -0.25) is 9.36 Å². The second-order valence-corrected chi connectivity index (χ2v) is 6.24. The fourth-order valence-corrected chi connectivity index (χ4v) is 3.30. The Morgan fingerprint density at radius 3 is 2.29 bits per heavy atom. The molecule has 0 aliphatic rings. The maximum absolute atomic E-state index is 12.8. The zero-order chi connectivity index (χ0) is 17.4. The Balaban J connectivity index is 2.50. The molecule has 0 saturated heterocycles. The van der Waals surface area contributed by atoms with Crippen LogP contribution in [0.1, 0.15) is 31.0 Å². The maximum Gasteiger partial charge on any atom is 0.336 e. The first-order valence-electron chi connectivity index (χ1n) is 8.34. The third-order valence-electron chi connectivity index (χ3n) is 4.79. The molecule has 0 saturated carbocycles. The molecule has 0 aliphatic carbocycles. The van der Waals surface area contributed by atoms with Gasteiger partial charge in [0.05, 0.1) is 11.1 Å². The van der Waals surface area contributed by atoms with Crippen LogP contribution in [0.4, 0.5) is 0 Å². The molecule has 5 heteroatoms. The molecule has 0 unspecified atom stereocenters. The summed E-state index contributed by atoms with van der Waals surface area (Å²) in [4.78, 5) is 25.6. The van der Waals surface area contributed by atoms with Crippen LogP contribution in [0.2, 0.25) is 0 Å². The van der Waals surface area contributed by atoms with Crippen molar-refractivity contribution in [1.82, 2.24) is 13.7 Å². The molecule has 0 aliphatic heterocycles. The van der Waals surface area contributed by atoms with Crippen molar-refractivity contribution in [2.45, 2.75) is 33.1 Å². The van der Waals surface area contributed by atoms with Crippen molar-refractivity contribution in [2.75, 3.05) is 0 Å². The summed E-state index contributed by atoms with van der Waals surface area (Å²) >= 11 is 0. The average Bonchev–Trinajstić information content (AvgIpc) is 2.84. The Bertz CT molecular complexity index is 1010. The van der Waals surface area contributed by atoms with Crippen LogP contribution < -0.4 is 11.2 Å². The molecule has 5 nitrogen and oxygen atoms in total. The fourth-order valence-electron chi connectivity index (χ4n) is 3.30. The molecular formula is C19H23N3O2. The summed E-state index contributed by atoms with van der Waals surface area (Å²) in [6, 6.07) is 9.48. The van der Waals surface area contributed by atoms with Gasteiger partial charge in [0.25, 0.3) is 5.56 Å². The van der Waals surface area contributed by atoms with E-state index in [1.54, 1.807) is 11.6 Å². The molecule has 0 amide bonds. The SMILES string of the molecule is CCCCc1c(C)n(C)c2c1c(=O)n(C)c(=O)n2-c1ccccc1. The molecular weight excluding hydrogens is 302 g/mol. The van der Waals surface area contributed by atoms with Crippen molar-refractivity contribution in [1.29, 1.82) is 0 Å². The summed E-state index contributed by atoms with van der Waals surface area (Å²) in [5.74, 6) is 0. The molecule has 3 aromatic rings. The zero-order valence-corrected chi connectivity index (χ0v) is 14.7. The van der Waals surface area contributed by atoms with E-state index in [4.69, 9.17) is 0 Å². The van der Waals surface area contributed by atoms with Gasteiger partial charge >= 0.3 is 5.69 Å². The first-order chi connectivity index (χ1) is 11.5. The zero-order valence-electron chi connectivity index (χ0n) is 14.7. The molecule has 3 rings (SSSR count). The van der Waals surface area contributed by atoms with Crippen molar-refractivity contribution in [2.24, 2.45) is 14.1 Å². The summed E-state index contributed by atoms with van der Waals surface area (Å²) < 4.78 is 4.82. The quantitative estimate of drug-likeness (QED) is 0.740. The topological polar surface area (TPSA) is 48.9 Å². The maximum atomic E-state index is 12.8. The summed E-state index contributed by atoms with van der Waals surface area (Å²) in [6.45, 7) is 4.16. The molecule has 2 aromatic heterocycles. The average molecular weight is 325 g/mol. The number of benzene rings is 1. The van der Waals surface area contributed by atoms with E-state index in [9.17, 15) is 9.59 Å². The molecule has 2 heterocycles. The summed E-state index contributed by atoms with van der Waals surface area (Å²) in [5, 5.41) is 0.661. The highest BCUT2D eigenvalue weighted by Gasteiger charge is 2.21. The standard InChI is InChI=1S/C19H23N3O2/c1-5-6-12-15-13(2)20(3)17-16(15)18(23)21(4)19(24)22(17)14-10-8-7-9-11-14/h7-11H,5-6,12H2,1-4H3. The van der Waals surface area contributed by atoms with Gasteiger partial charge in [0, 0.05) is 19.8 Å². The van der Waals surface area contributed by atoms with E-state index in [-0.39, 0.29) is 11.2 Å². The lowest BCUT2D eigenvalue weighted by molar-refractivity contribution is 0.737. The minimum atomic E-state index is -0.318. The first kappa shape index (κ1) is 16.3. The Labute approximate surface area is 140 Å². The van der Waals surface area contributed by atoms with E-state index in [0.29, 0.717) is 11.0 Å². The number of aryl methyl sites for hydroxylation is 2. The highest BCUT2D eigenvalue weighted by atomic mass is 16.2. The Hall–Kier alpha value is -2.56. The van der Waals surface area contributed by atoms with Crippen molar-refractivity contribution >= 4 is 11.0 Å². The number of unbranched alkanes of at least 4 members (excludes halogenated alkanes) is 1. The minimum Gasteiger partial charge on any atom is -0.334 e. The second-order valence-electron chi connectivity index (χ2n) is 6.24. The van der Waals surface area contributed by atoms with Gasteiger partial charge in [0.1, 0.15) is 5.65 Å². The lowest BCUT2D eigenvalue weighted by Gasteiger charge is -2.11. The molecule has 0 N–H and O–H groups in total. The van der Waals surface area contributed by atoms with Crippen LogP contribution in [0.5, 0.6) is 0 Å². The Kier molecular flexibility index (Phi) is 4.18. The third-order valence-corrected chi connectivity index (χ3v) is 4.79. The van der Waals surface area contributed by atoms with Gasteiger partial charge in [-0.05, 0) is 37.5 Å². The summed E-state index contributed by atoms with van der Waals surface area (Å²) in [6.07, 6.45) is 2.93. The normalized spacial score (nSPS) is 11.3. The smallest absolute Gasteiger partial charge is 0.334 e. The predicted molar refractivity (Wildman–Crippen MR) is 97.1 cm³/mol. The van der Waals surface area contributed by atoms with E-state index in [1.165, 1.54) is 4.57 Å². The number of hydrogen-bond acceptors (Lipinski definition) is 2. The lowest BCUT2D eigenvalue weighted by Crippen LogP contribution is -2.38. The van der Waals surface area contributed by atoms with Gasteiger partial charge in [-0.2, -0.15) is 0 Å².